The van der Waals surface area contributed by atoms with Crippen LogP contribution in [0.5, 0.6) is 0 Å². The van der Waals surface area contributed by atoms with Crippen molar-refractivity contribution < 1.29 is 0 Å². The fraction of sp³-hybridized carbons (Fsp3) is 0. The SMILES string of the molecule is c1ccc(-c2c3ccccc3c(-c3ccccc3)c3cc(-c4c5ccccc5c(-c5cc6ccccc6c6ccccc56)c5ccccc45)ccc23)cc1. The molecule has 0 aliphatic carbocycles. The lowest BCUT2D eigenvalue weighted by Crippen LogP contribution is -1.94. The van der Waals surface area contributed by atoms with E-state index in [9.17, 15) is 0 Å². The molecule has 0 spiro atoms. The second-order valence-electron chi connectivity index (χ2n) is 14.3. The molecule has 0 heteroatoms. The summed E-state index contributed by atoms with van der Waals surface area (Å²) in [4.78, 5) is 0. The predicted octanol–water partition coefficient (Wildman–Crippen LogP) is 15.3. The molecule has 0 atom stereocenters. The van der Waals surface area contributed by atoms with E-state index in [4.69, 9.17) is 0 Å². The van der Waals surface area contributed by atoms with Gasteiger partial charge in [-0.3, -0.25) is 0 Å². The van der Waals surface area contributed by atoms with E-state index in [0.29, 0.717) is 0 Å². The summed E-state index contributed by atoms with van der Waals surface area (Å²) in [5.41, 5.74) is 10.1. The zero-order chi connectivity index (χ0) is 35.6. The van der Waals surface area contributed by atoms with E-state index in [0.717, 1.165) is 0 Å². The van der Waals surface area contributed by atoms with Crippen LogP contribution in [-0.4, -0.2) is 0 Å². The quantitative estimate of drug-likeness (QED) is 0.128. The highest BCUT2D eigenvalue weighted by atomic mass is 14.2. The van der Waals surface area contributed by atoms with Crippen LogP contribution in [0.3, 0.4) is 0 Å². The largest absolute Gasteiger partial charge is 0.0622 e. The molecular formula is C54H34. The summed E-state index contributed by atoms with van der Waals surface area (Å²) in [6.07, 6.45) is 0. The summed E-state index contributed by atoms with van der Waals surface area (Å²) in [6.45, 7) is 0. The highest BCUT2D eigenvalue weighted by molar-refractivity contribution is 6.27. The first-order valence-corrected chi connectivity index (χ1v) is 18.8. The van der Waals surface area contributed by atoms with Gasteiger partial charge in [0.1, 0.15) is 0 Å². The lowest BCUT2D eigenvalue weighted by atomic mass is 9.82. The summed E-state index contributed by atoms with van der Waals surface area (Å²) in [6, 6.07) is 76.1. The summed E-state index contributed by atoms with van der Waals surface area (Å²) >= 11 is 0. The average molecular weight is 683 g/mol. The van der Waals surface area contributed by atoms with E-state index < -0.39 is 0 Å². The summed E-state index contributed by atoms with van der Waals surface area (Å²) < 4.78 is 0. The molecule has 11 aromatic rings. The highest BCUT2D eigenvalue weighted by Crippen LogP contribution is 2.49. The molecule has 11 aromatic carbocycles. The van der Waals surface area contributed by atoms with Crippen LogP contribution in [0.15, 0.2) is 206 Å². The second kappa shape index (κ2) is 12.3. The lowest BCUT2D eigenvalue weighted by Gasteiger charge is -2.21. The molecule has 0 unspecified atom stereocenters. The third kappa shape index (κ3) is 4.64. The maximum absolute atomic E-state index is 2.47. The van der Waals surface area contributed by atoms with Crippen molar-refractivity contribution in [2.75, 3.05) is 0 Å². The Labute approximate surface area is 314 Å². The van der Waals surface area contributed by atoms with Crippen LogP contribution in [-0.2, 0) is 0 Å². The summed E-state index contributed by atoms with van der Waals surface area (Å²) in [7, 11) is 0. The molecule has 0 saturated heterocycles. The van der Waals surface area contributed by atoms with E-state index in [2.05, 4.69) is 206 Å². The Balaban J connectivity index is 1.27. The van der Waals surface area contributed by atoms with Crippen LogP contribution < -0.4 is 0 Å². The van der Waals surface area contributed by atoms with Gasteiger partial charge in [0.25, 0.3) is 0 Å². The standard InChI is InChI=1S/C54H34/c1-3-17-35(18-4-1)51-42-25-11-12-26-43(42)52(36-19-5-2-6-20-36)50-34-38(31-32-48(50)51)53-44-27-13-15-29-46(44)54(47-30-16-14-28-45(47)53)49-33-37-21-7-8-22-39(37)40-23-9-10-24-41(40)49/h1-34H. The van der Waals surface area contributed by atoms with Gasteiger partial charge in [0.05, 0.1) is 0 Å². The Kier molecular flexibility index (Phi) is 6.97. The minimum atomic E-state index is 1.22. The fourth-order valence-corrected chi connectivity index (χ4v) is 9.16. The van der Waals surface area contributed by atoms with E-state index in [1.54, 1.807) is 0 Å². The van der Waals surface area contributed by atoms with Gasteiger partial charge >= 0.3 is 0 Å². The molecule has 0 saturated carbocycles. The first-order chi connectivity index (χ1) is 26.8. The minimum absolute atomic E-state index is 1.22. The van der Waals surface area contributed by atoms with Crippen molar-refractivity contribution in [3.05, 3.63) is 206 Å². The van der Waals surface area contributed by atoms with Crippen molar-refractivity contribution in [1.29, 1.82) is 0 Å². The smallest absolute Gasteiger partial charge is 0.00199 e. The van der Waals surface area contributed by atoms with E-state index in [1.807, 2.05) is 0 Å². The van der Waals surface area contributed by atoms with Gasteiger partial charge in [-0.1, -0.05) is 194 Å². The molecule has 0 aromatic heterocycles. The van der Waals surface area contributed by atoms with Crippen LogP contribution in [0, 0.1) is 0 Å². The maximum Gasteiger partial charge on any atom is -0.00199 e. The van der Waals surface area contributed by atoms with Crippen molar-refractivity contribution >= 4 is 64.6 Å². The highest BCUT2D eigenvalue weighted by Gasteiger charge is 2.21. The van der Waals surface area contributed by atoms with Crippen LogP contribution in [0.2, 0.25) is 0 Å². The van der Waals surface area contributed by atoms with Crippen LogP contribution in [0.4, 0.5) is 0 Å². The molecule has 0 fully saturated rings. The zero-order valence-electron chi connectivity index (χ0n) is 29.6. The average Bonchev–Trinajstić information content (AvgIpc) is 3.25. The molecule has 0 N–H and O–H groups in total. The van der Waals surface area contributed by atoms with E-state index in [1.165, 1.54) is 109 Å². The molecular weight excluding hydrogens is 649 g/mol. The van der Waals surface area contributed by atoms with Gasteiger partial charge in [-0.2, -0.15) is 0 Å². The maximum atomic E-state index is 2.47. The molecule has 54 heavy (non-hydrogen) atoms. The summed E-state index contributed by atoms with van der Waals surface area (Å²) in [5.74, 6) is 0. The first kappa shape index (κ1) is 30.6. The molecule has 250 valence electrons. The van der Waals surface area contributed by atoms with Gasteiger partial charge in [0.15, 0.2) is 0 Å². The van der Waals surface area contributed by atoms with Gasteiger partial charge in [-0.25, -0.2) is 0 Å². The topological polar surface area (TPSA) is 0 Å². The van der Waals surface area contributed by atoms with Gasteiger partial charge in [-0.05, 0) is 121 Å². The molecule has 0 heterocycles. The van der Waals surface area contributed by atoms with E-state index >= 15 is 0 Å². The summed E-state index contributed by atoms with van der Waals surface area (Å²) in [5, 5.41) is 15.2. The third-order valence-electron chi connectivity index (χ3n) is 11.4. The van der Waals surface area contributed by atoms with Gasteiger partial charge < -0.3 is 0 Å². The van der Waals surface area contributed by atoms with Crippen molar-refractivity contribution in [3.8, 4) is 44.5 Å². The molecule has 0 nitrogen and oxygen atoms in total. The predicted molar refractivity (Wildman–Crippen MR) is 233 cm³/mol. The Morgan fingerprint density at radius 2 is 0.556 bits per heavy atom. The Bertz CT molecular complexity index is 3190. The van der Waals surface area contributed by atoms with Crippen molar-refractivity contribution in [2.45, 2.75) is 0 Å². The lowest BCUT2D eigenvalue weighted by molar-refractivity contribution is 1.64. The van der Waals surface area contributed by atoms with Crippen LogP contribution in [0.1, 0.15) is 0 Å². The Morgan fingerprint density at radius 1 is 0.185 bits per heavy atom. The number of rotatable bonds is 4. The number of fused-ring (bicyclic) bond motifs is 7. The number of benzene rings is 11. The molecule has 0 amide bonds. The minimum Gasteiger partial charge on any atom is -0.0622 e. The van der Waals surface area contributed by atoms with Crippen LogP contribution >= 0.6 is 0 Å². The first-order valence-electron chi connectivity index (χ1n) is 18.8. The monoisotopic (exact) mass is 682 g/mol. The molecule has 0 aliphatic rings. The van der Waals surface area contributed by atoms with Gasteiger partial charge in [0, 0.05) is 0 Å². The van der Waals surface area contributed by atoms with Crippen molar-refractivity contribution in [1.82, 2.24) is 0 Å². The third-order valence-corrected chi connectivity index (χ3v) is 11.4. The number of hydrogen-bond acceptors (Lipinski definition) is 0. The fourth-order valence-electron chi connectivity index (χ4n) is 9.16. The van der Waals surface area contributed by atoms with Crippen LogP contribution in [0.25, 0.3) is 109 Å². The Hall–Kier alpha value is -7.02. The zero-order valence-corrected chi connectivity index (χ0v) is 29.6. The second-order valence-corrected chi connectivity index (χ2v) is 14.3. The molecule has 11 rings (SSSR count). The van der Waals surface area contributed by atoms with E-state index in [-0.39, 0.29) is 0 Å². The molecule has 0 aliphatic heterocycles. The van der Waals surface area contributed by atoms with Crippen molar-refractivity contribution in [3.63, 3.8) is 0 Å². The molecule has 0 radical (unpaired) electrons. The number of hydrogen-bond donors (Lipinski definition) is 0. The van der Waals surface area contributed by atoms with Gasteiger partial charge in [0.2, 0.25) is 0 Å². The normalized spacial score (nSPS) is 11.7. The van der Waals surface area contributed by atoms with Crippen molar-refractivity contribution in [2.24, 2.45) is 0 Å². The Morgan fingerprint density at radius 3 is 1.09 bits per heavy atom. The molecule has 0 bridgehead atoms. The van der Waals surface area contributed by atoms with Gasteiger partial charge in [-0.15, -0.1) is 0 Å².